The molecule has 6 rings (SSSR count). The van der Waals surface area contributed by atoms with Crippen LogP contribution in [0.25, 0.3) is 11.8 Å². The van der Waals surface area contributed by atoms with Crippen molar-refractivity contribution in [2.45, 2.75) is 32.0 Å². The van der Waals surface area contributed by atoms with E-state index in [2.05, 4.69) is 44.4 Å². The summed E-state index contributed by atoms with van der Waals surface area (Å²) in [5.74, 6) is 0.532. The second kappa shape index (κ2) is 10.8. The summed E-state index contributed by atoms with van der Waals surface area (Å²) < 4.78 is 7.49. The van der Waals surface area contributed by atoms with Crippen LogP contribution in [0.5, 0.6) is 5.75 Å². The smallest absolute Gasteiger partial charge is 0.258 e. The highest BCUT2D eigenvalue weighted by Gasteiger charge is 2.27. The van der Waals surface area contributed by atoms with Crippen LogP contribution in [0.2, 0.25) is 5.02 Å². The molecule has 0 spiro atoms. The number of halogens is 1. The number of aromatic nitrogens is 2. The Bertz CT molecular complexity index is 1340. The van der Waals surface area contributed by atoms with Gasteiger partial charge in [-0.25, -0.2) is 0 Å². The number of fused-ring (bicyclic) bond motifs is 1. The van der Waals surface area contributed by atoms with Crippen LogP contribution >= 0.6 is 11.6 Å². The Morgan fingerprint density at radius 1 is 1.03 bits per heavy atom. The van der Waals surface area contributed by atoms with Crippen LogP contribution in [-0.2, 0) is 19.6 Å². The van der Waals surface area contributed by atoms with E-state index in [0.717, 1.165) is 63.0 Å². The molecule has 7 nitrogen and oxygen atoms in total. The molecule has 0 amide bonds. The number of pyridine rings is 2. The molecule has 1 aliphatic carbocycles. The SMILES string of the molecule is O=c1cc(OCc2ccc(Cl)cn2)ccn1C1=Cc2ccc(CN3CCN(C4CNC4)CC3)cc2CC1. The molecule has 8 heteroatoms. The van der Waals surface area contributed by atoms with Crippen molar-refractivity contribution >= 4 is 23.4 Å². The van der Waals surface area contributed by atoms with Crippen molar-refractivity contribution in [2.24, 2.45) is 0 Å². The average molecular weight is 518 g/mol. The van der Waals surface area contributed by atoms with Gasteiger partial charge in [0.1, 0.15) is 12.4 Å². The van der Waals surface area contributed by atoms with Crippen LogP contribution in [0.3, 0.4) is 0 Å². The Hall–Kier alpha value is -2.97. The van der Waals surface area contributed by atoms with Gasteiger partial charge in [-0.15, -0.1) is 0 Å². The molecule has 0 bridgehead atoms. The standard InChI is InChI=1S/C29H32ClN5O2/c30-24-4-5-25(32-16-24)20-37-28-7-8-35(29(36)15-28)26-6-3-22-13-21(1-2-23(22)14-26)19-33-9-11-34(12-10-33)27-17-31-18-27/h1-2,4-5,7-8,13-16,27,31H,3,6,9-12,17-20H2. The number of rotatable bonds is 7. The largest absolute Gasteiger partial charge is 0.487 e. The van der Waals surface area contributed by atoms with E-state index in [1.165, 1.54) is 35.8 Å². The van der Waals surface area contributed by atoms with E-state index >= 15 is 0 Å². The van der Waals surface area contributed by atoms with Crippen LogP contribution < -0.4 is 15.6 Å². The van der Waals surface area contributed by atoms with Gasteiger partial charge in [0.05, 0.1) is 10.7 Å². The van der Waals surface area contributed by atoms with Crippen molar-refractivity contribution < 1.29 is 4.74 Å². The number of aryl methyl sites for hydroxylation is 1. The topological polar surface area (TPSA) is 62.6 Å². The first-order valence-corrected chi connectivity index (χ1v) is 13.4. The molecule has 0 radical (unpaired) electrons. The summed E-state index contributed by atoms with van der Waals surface area (Å²) in [5, 5.41) is 3.96. The Labute approximate surface area is 222 Å². The van der Waals surface area contributed by atoms with Crippen LogP contribution in [-0.4, -0.2) is 64.7 Å². The molecule has 3 aliphatic rings. The minimum atomic E-state index is -0.0929. The summed E-state index contributed by atoms with van der Waals surface area (Å²) >= 11 is 5.88. The molecule has 2 fully saturated rings. The van der Waals surface area contributed by atoms with Crippen LogP contribution in [0.4, 0.5) is 0 Å². The first-order valence-electron chi connectivity index (χ1n) is 13.1. The summed E-state index contributed by atoms with van der Waals surface area (Å²) in [4.78, 5) is 22.3. The molecule has 0 atom stereocenters. The average Bonchev–Trinajstić information content (AvgIpc) is 2.88. The molecule has 37 heavy (non-hydrogen) atoms. The minimum absolute atomic E-state index is 0.0929. The monoisotopic (exact) mass is 517 g/mol. The number of hydrogen-bond acceptors (Lipinski definition) is 6. The summed E-state index contributed by atoms with van der Waals surface area (Å²) in [6.07, 6.45) is 7.30. The normalized spacial score (nSPS) is 18.7. The van der Waals surface area contributed by atoms with Gasteiger partial charge in [0, 0.05) is 76.0 Å². The number of benzene rings is 1. The van der Waals surface area contributed by atoms with Crippen molar-refractivity contribution in [2.75, 3.05) is 39.3 Å². The minimum Gasteiger partial charge on any atom is -0.487 e. The lowest BCUT2D eigenvalue weighted by atomic mass is 9.93. The molecule has 0 saturated carbocycles. The first kappa shape index (κ1) is 24.4. The van der Waals surface area contributed by atoms with Gasteiger partial charge in [-0.05, 0) is 53.8 Å². The Morgan fingerprint density at radius 3 is 2.62 bits per heavy atom. The quantitative estimate of drug-likeness (QED) is 0.517. The molecule has 3 aromatic rings. The summed E-state index contributed by atoms with van der Waals surface area (Å²) in [5.41, 5.74) is 5.62. The third-order valence-corrected chi connectivity index (χ3v) is 7.87. The highest BCUT2D eigenvalue weighted by molar-refractivity contribution is 6.30. The van der Waals surface area contributed by atoms with Gasteiger partial charge in [-0.3, -0.25) is 24.1 Å². The number of hydrogen-bond donors (Lipinski definition) is 1. The van der Waals surface area contributed by atoms with Gasteiger partial charge >= 0.3 is 0 Å². The predicted molar refractivity (Wildman–Crippen MR) is 147 cm³/mol. The maximum Gasteiger partial charge on any atom is 0.258 e. The Balaban J connectivity index is 1.08. The highest BCUT2D eigenvalue weighted by atomic mass is 35.5. The molecule has 1 N–H and O–H groups in total. The zero-order valence-corrected chi connectivity index (χ0v) is 21.7. The lowest BCUT2D eigenvalue weighted by molar-refractivity contribution is 0.0695. The maximum absolute atomic E-state index is 12.9. The fraction of sp³-hybridized carbons (Fsp3) is 0.379. The molecule has 2 saturated heterocycles. The maximum atomic E-state index is 12.9. The van der Waals surface area contributed by atoms with E-state index in [-0.39, 0.29) is 12.2 Å². The molecule has 1 aromatic carbocycles. The van der Waals surface area contributed by atoms with Crippen LogP contribution in [0, 0.1) is 0 Å². The van der Waals surface area contributed by atoms with Crippen LogP contribution in [0.15, 0.2) is 59.7 Å². The van der Waals surface area contributed by atoms with Crippen LogP contribution in [0.1, 0.15) is 28.8 Å². The van der Waals surface area contributed by atoms with E-state index in [1.54, 1.807) is 23.0 Å². The second-order valence-electron chi connectivity index (χ2n) is 10.1. The third kappa shape index (κ3) is 5.65. The van der Waals surface area contributed by atoms with E-state index < -0.39 is 0 Å². The molecular formula is C29H32ClN5O2. The molecule has 0 unspecified atom stereocenters. The molecule has 192 valence electrons. The van der Waals surface area contributed by atoms with Gasteiger partial charge in [-0.2, -0.15) is 0 Å². The molecule has 4 heterocycles. The fourth-order valence-corrected chi connectivity index (χ4v) is 5.44. The van der Waals surface area contributed by atoms with Crippen molar-refractivity contribution in [1.82, 2.24) is 24.7 Å². The van der Waals surface area contributed by atoms with E-state index in [1.807, 2.05) is 12.1 Å². The fourth-order valence-electron chi connectivity index (χ4n) is 5.33. The van der Waals surface area contributed by atoms with Crippen molar-refractivity contribution in [1.29, 1.82) is 0 Å². The van der Waals surface area contributed by atoms with Gasteiger partial charge in [0.2, 0.25) is 0 Å². The number of nitrogens with zero attached hydrogens (tertiary/aromatic N) is 4. The van der Waals surface area contributed by atoms with Crippen molar-refractivity contribution in [3.8, 4) is 5.75 Å². The molecule has 2 aromatic heterocycles. The summed E-state index contributed by atoms with van der Waals surface area (Å²) in [6, 6.07) is 14.5. The molecule has 2 aliphatic heterocycles. The van der Waals surface area contributed by atoms with Gasteiger partial charge in [0.15, 0.2) is 0 Å². The highest BCUT2D eigenvalue weighted by Crippen LogP contribution is 2.28. The molecular weight excluding hydrogens is 486 g/mol. The zero-order chi connectivity index (χ0) is 25.2. The van der Waals surface area contributed by atoms with E-state index in [4.69, 9.17) is 16.3 Å². The second-order valence-corrected chi connectivity index (χ2v) is 10.6. The summed E-state index contributed by atoms with van der Waals surface area (Å²) in [7, 11) is 0. The first-order chi connectivity index (χ1) is 18.1. The third-order valence-electron chi connectivity index (χ3n) is 7.65. The van der Waals surface area contributed by atoms with Crippen molar-refractivity contribution in [3.05, 3.63) is 92.6 Å². The number of ether oxygens (including phenoxy) is 1. The number of allylic oxidation sites excluding steroid dienone is 1. The summed E-state index contributed by atoms with van der Waals surface area (Å²) in [6.45, 7) is 8.19. The van der Waals surface area contributed by atoms with Gasteiger partial charge in [0.25, 0.3) is 5.56 Å². The lowest BCUT2D eigenvalue weighted by Crippen LogP contribution is -2.61. The number of nitrogens with one attached hydrogen (secondary N) is 1. The van der Waals surface area contributed by atoms with Crippen molar-refractivity contribution in [3.63, 3.8) is 0 Å². The number of piperazine rings is 1. The van der Waals surface area contributed by atoms with E-state index in [0.29, 0.717) is 10.8 Å². The van der Waals surface area contributed by atoms with Gasteiger partial charge < -0.3 is 10.1 Å². The Morgan fingerprint density at radius 2 is 1.89 bits per heavy atom. The van der Waals surface area contributed by atoms with Gasteiger partial charge in [-0.1, -0.05) is 29.8 Å². The van der Waals surface area contributed by atoms with E-state index in [9.17, 15) is 4.79 Å². The Kier molecular flexibility index (Phi) is 7.11. The predicted octanol–water partition coefficient (Wildman–Crippen LogP) is 3.51. The lowest BCUT2D eigenvalue weighted by Gasteiger charge is -2.43. The zero-order valence-electron chi connectivity index (χ0n) is 20.9.